The molecule has 0 unspecified atom stereocenters. The third-order valence-electron chi connectivity index (χ3n) is 4.11. The Balaban J connectivity index is 1.65. The van der Waals surface area contributed by atoms with Gasteiger partial charge in [0.1, 0.15) is 17.9 Å². The second kappa shape index (κ2) is 6.91. The third kappa shape index (κ3) is 4.22. The molecule has 0 radical (unpaired) electrons. The van der Waals surface area contributed by atoms with E-state index >= 15 is 0 Å². The topological polar surface area (TPSA) is 67.9 Å². The van der Waals surface area contributed by atoms with E-state index in [1.165, 1.54) is 17.0 Å². The first-order chi connectivity index (χ1) is 11.8. The van der Waals surface area contributed by atoms with Gasteiger partial charge in [0.15, 0.2) is 0 Å². The summed E-state index contributed by atoms with van der Waals surface area (Å²) in [6.45, 7) is 0.819. The quantitative estimate of drug-likeness (QED) is 0.894. The van der Waals surface area contributed by atoms with Crippen LogP contribution in [0.4, 0.5) is 18.9 Å². The van der Waals surface area contributed by atoms with Gasteiger partial charge in [-0.2, -0.15) is 0 Å². The van der Waals surface area contributed by atoms with Crippen molar-refractivity contribution in [2.45, 2.75) is 37.8 Å². The summed E-state index contributed by atoms with van der Waals surface area (Å²) in [4.78, 5) is 25.8. The van der Waals surface area contributed by atoms with Gasteiger partial charge in [-0.25, -0.2) is 0 Å². The molecule has 1 aromatic carbocycles. The number of amides is 2. The lowest BCUT2D eigenvalue weighted by molar-refractivity contribution is -0.274. The first-order valence-electron chi connectivity index (χ1n) is 7.93. The first-order valence-corrected chi connectivity index (χ1v) is 7.93. The second-order valence-corrected chi connectivity index (χ2v) is 5.89. The van der Waals surface area contributed by atoms with Crippen LogP contribution in [0.2, 0.25) is 0 Å². The van der Waals surface area contributed by atoms with Crippen molar-refractivity contribution in [3.05, 3.63) is 24.3 Å². The predicted octanol–water partition coefficient (Wildman–Crippen LogP) is 1.99. The highest BCUT2D eigenvalue weighted by molar-refractivity contribution is 6.01. The van der Waals surface area contributed by atoms with E-state index < -0.39 is 24.3 Å². The number of hydrogen-bond acceptors (Lipinski definition) is 4. The van der Waals surface area contributed by atoms with E-state index in [9.17, 15) is 22.8 Å². The highest BCUT2D eigenvalue weighted by Crippen LogP contribution is 2.29. The normalized spacial score (nSPS) is 23.8. The summed E-state index contributed by atoms with van der Waals surface area (Å²) >= 11 is 0. The SMILES string of the molecule is O=C(N[C@H]1CCN(c2cccc(OC(F)(F)F)c2)C1=O)[C@@H]1CCCO1. The molecule has 3 rings (SSSR count). The van der Waals surface area contributed by atoms with Crippen molar-refractivity contribution in [2.75, 3.05) is 18.1 Å². The molecule has 2 aliphatic heterocycles. The lowest BCUT2D eigenvalue weighted by Crippen LogP contribution is -2.45. The Morgan fingerprint density at radius 2 is 2.12 bits per heavy atom. The van der Waals surface area contributed by atoms with Crippen molar-refractivity contribution in [3.8, 4) is 5.75 Å². The number of halogens is 3. The van der Waals surface area contributed by atoms with Gasteiger partial charge in [0.05, 0.1) is 0 Å². The van der Waals surface area contributed by atoms with Crippen molar-refractivity contribution >= 4 is 17.5 Å². The van der Waals surface area contributed by atoms with E-state index in [1.54, 1.807) is 0 Å². The summed E-state index contributed by atoms with van der Waals surface area (Å²) in [7, 11) is 0. The standard InChI is InChI=1S/C16H17F3N2O4/c17-16(18,19)25-11-4-1-3-10(9-11)21-7-6-12(15(21)23)20-14(22)13-5-2-8-24-13/h1,3-4,9,12-13H,2,5-8H2,(H,20,22)/t12-,13-/m0/s1. The Hall–Kier alpha value is -2.29. The Morgan fingerprint density at radius 3 is 2.80 bits per heavy atom. The number of alkyl halides is 3. The minimum absolute atomic E-state index is 0.292. The lowest BCUT2D eigenvalue weighted by atomic mass is 10.2. The van der Waals surface area contributed by atoms with E-state index in [-0.39, 0.29) is 11.8 Å². The van der Waals surface area contributed by atoms with Gasteiger partial charge in [-0.1, -0.05) is 6.07 Å². The fourth-order valence-electron chi connectivity index (χ4n) is 2.97. The van der Waals surface area contributed by atoms with Crippen LogP contribution in [0.25, 0.3) is 0 Å². The summed E-state index contributed by atoms with van der Waals surface area (Å²) in [6.07, 6.45) is -3.54. The number of carbonyl (C=O) groups is 2. The van der Waals surface area contributed by atoms with Gasteiger partial charge < -0.3 is 19.7 Å². The van der Waals surface area contributed by atoms with Gasteiger partial charge in [-0.3, -0.25) is 9.59 Å². The molecule has 2 heterocycles. The number of carbonyl (C=O) groups excluding carboxylic acids is 2. The molecule has 9 heteroatoms. The molecule has 6 nitrogen and oxygen atoms in total. The molecular formula is C16H17F3N2O4. The molecule has 2 atom stereocenters. The third-order valence-corrected chi connectivity index (χ3v) is 4.11. The van der Waals surface area contributed by atoms with Gasteiger partial charge in [0.2, 0.25) is 11.8 Å². The Labute approximate surface area is 141 Å². The maximum Gasteiger partial charge on any atom is 0.573 e. The van der Waals surface area contributed by atoms with Crippen molar-refractivity contribution in [1.82, 2.24) is 5.32 Å². The largest absolute Gasteiger partial charge is 0.573 e. The van der Waals surface area contributed by atoms with Crippen LogP contribution in [0, 0.1) is 0 Å². The molecule has 0 aromatic heterocycles. The summed E-state index contributed by atoms with van der Waals surface area (Å²) < 4.78 is 46.1. The molecule has 25 heavy (non-hydrogen) atoms. The zero-order valence-corrected chi connectivity index (χ0v) is 13.2. The van der Waals surface area contributed by atoms with Crippen LogP contribution in [0.1, 0.15) is 19.3 Å². The molecule has 136 valence electrons. The van der Waals surface area contributed by atoms with Crippen LogP contribution in [-0.4, -0.2) is 43.5 Å². The van der Waals surface area contributed by atoms with Crippen molar-refractivity contribution in [3.63, 3.8) is 0 Å². The average molecular weight is 358 g/mol. The highest BCUT2D eigenvalue weighted by atomic mass is 19.4. The van der Waals surface area contributed by atoms with Gasteiger partial charge >= 0.3 is 6.36 Å². The average Bonchev–Trinajstić information content (AvgIpc) is 3.17. The van der Waals surface area contributed by atoms with Crippen LogP contribution in [-0.2, 0) is 14.3 Å². The fourth-order valence-corrected chi connectivity index (χ4v) is 2.97. The summed E-state index contributed by atoms with van der Waals surface area (Å²) in [6, 6.07) is 4.50. The van der Waals surface area contributed by atoms with E-state index in [1.807, 2.05) is 0 Å². The van der Waals surface area contributed by atoms with Crippen LogP contribution in [0.3, 0.4) is 0 Å². The highest BCUT2D eigenvalue weighted by Gasteiger charge is 2.36. The molecular weight excluding hydrogens is 341 g/mol. The predicted molar refractivity (Wildman–Crippen MR) is 81.0 cm³/mol. The summed E-state index contributed by atoms with van der Waals surface area (Å²) in [5.74, 6) is -1.09. The summed E-state index contributed by atoms with van der Waals surface area (Å²) in [5, 5.41) is 2.66. The minimum atomic E-state index is -4.80. The van der Waals surface area contributed by atoms with Gasteiger partial charge in [0.25, 0.3) is 0 Å². The monoisotopic (exact) mass is 358 g/mol. The molecule has 0 saturated carbocycles. The molecule has 2 amide bonds. The van der Waals surface area contributed by atoms with Crippen LogP contribution < -0.4 is 15.0 Å². The molecule has 2 saturated heterocycles. The van der Waals surface area contributed by atoms with Crippen molar-refractivity contribution in [1.29, 1.82) is 0 Å². The maximum absolute atomic E-state index is 12.5. The molecule has 0 spiro atoms. The number of nitrogens with zero attached hydrogens (tertiary/aromatic N) is 1. The Kier molecular flexibility index (Phi) is 4.85. The van der Waals surface area contributed by atoms with Gasteiger partial charge in [-0.05, 0) is 31.4 Å². The molecule has 2 fully saturated rings. The molecule has 1 N–H and O–H groups in total. The number of rotatable bonds is 4. The van der Waals surface area contributed by atoms with E-state index in [4.69, 9.17) is 4.74 Å². The second-order valence-electron chi connectivity index (χ2n) is 5.89. The van der Waals surface area contributed by atoms with Crippen LogP contribution in [0.5, 0.6) is 5.75 Å². The smallest absolute Gasteiger partial charge is 0.406 e. The number of hydrogen-bond donors (Lipinski definition) is 1. The van der Waals surface area contributed by atoms with Gasteiger partial charge in [-0.15, -0.1) is 13.2 Å². The number of benzene rings is 1. The molecule has 0 bridgehead atoms. The van der Waals surface area contributed by atoms with Crippen LogP contribution in [0.15, 0.2) is 24.3 Å². The number of ether oxygens (including phenoxy) is 2. The molecule has 2 aliphatic rings. The zero-order valence-electron chi connectivity index (χ0n) is 13.2. The zero-order chi connectivity index (χ0) is 18.0. The maximum atomic E-state index is 12.5. The lowest BCUT2D eigenvalue weighted by Gasteiger charge is -2.19. The number of anilines is 1. The van der Waals surface area contributed by atoms with Crippen molar-refractivity contribution in [2.24, 2.45) is 0 Å². The summed E-state index contributed by atoms with van der Waals surface area (Å²) in [5.41, 5.74) is 0.292. The molecule has 0 aliphatic carbocycles. The van der Waals surface area contributed by atoms with E-state index in [0.29, 0.717) is 31.7 Å². The Morgan fingerprint density at radius 1 is 1.32 bits per heavy atom. The Bertz CT molecular complexity index is 659. The van der Waals surface area contributed by atoms with Crippen LogP contribution >= 0.6 is 0 Å². The van der Waals surface area contributed by atoms with E-state index in [0.717, 1.165) is 18.6 Å². The van der Waals surface area contributed by atoms with E-state index in [2.05, 4.69) is 10.1 Å². The molecule has 1 aromatic rings. The van der Waals surface area contributed by atoms with Crippen molar-refractivity contribution < 1.29 is 32.2 Å². The number of nitrogens with one attached hydrogen (secondary N) is 1. The fraction of sp³-hybridized carbons (Fsp3) is 0.500. The first kappa shape index (κ1) is 17.5. The van der Waals surface area contributed by atoms with Gasteiger partial charge in [0, 0.05) is 24.9 Å². The minimum Gasteiger partial charge on any atom is -0.406 e.